The van der Waals surface area contributed by atoms with Crippen molar-refractivity contribution >= 4 is 20.0 Å². The van der Waals surface area contributed by atoms with Crippen LogP contribution in [0.3, 0.4) is 0 Å². The van der Waals surface area contributed by atoms with Crippen LogP contribution in [0.5, 0.6) is 0 Å². The smallest absolute Gasteiger partial charge is 0.265 e. The van der Waals surface area contributed by atoms with Crippen LogP contribution >= 0.6 is 0 Å². The van der Waals surface area contributed by atoms with E-state index in [1.165, 1.54) is 0 Å². The summed E-state index contributed by atoms with van der Waals surface area (Å²) in [5, 5.41) is 0. The van der Waals surface area contributed by atoms with E-state index in [4.69, 9.17) is 4.55 Å². The van der Waals surface area contributed by atoms with Crippen molar-refractivity contribution in [3.8, 4) is 0 Å². The highest BCUT2D eigenvalue weighted by molar-refractivity contribution is 7.91. The van der Waals surface area contributed by atoms with E-state index in [1.807, 2.05) is 0 Å². The van der Waals surface area contributed by atoms with Crippen LogP contribution < -0.4 is 0 Å². The molecule has 1 atom stereocenters. The molecule has 1 aliphatic heterocycles. The van der Waals surface area contributed by atoms with Gasteiger partial charge in [-0.1, -0.05) is 0 Å². The fourth-order valence-corrected chi connectivity index (χ4v) is 4.19. The first-order chi connectivity index (χ1) is 5.29. The normalized spacial score (nSPS) is 28.9. The molecular formula is C5H10O5S2. The maximum absolute atomic E-state index is 10.9. The summed E-state index contributed by atoms with van der Waals surface area (Å²) in [6.07, 6.45) is 0.335. The van der Waals surface area contributed by atoms with Crippen LogP contribution in [-0.4, -0.2) is 38.6 Å². The first-order valence-corrected chi connectivity index (χ1v) is 6.87. The lowest BCUT2D eigenvalue weighted by molar-refractivity contribution is 0.470. The second kappa shape index (κ2) is 2.97. The fraction of sp³-hybridized carbons (Fsp3) is 1.00. The Morgan fingerprint density at radius 2 is 2.00 bits per heavy atom. The van der Waals surface area contributed by atoms with Gasteiger partial charge < -0.3 is 0 Å². The van der Waals surface area contributed by atoms with E-state index in [0.717, 1.165) is 0 Å². The van der Waals surface area contributed by atoms with Crippen LogP contribution in [0.2, 0.25) is 0 Å². The van der Waals surface area contributed by atoms with Crippen LogP contribution in [0.1, 0.15) is 6.42 Å². The highest BCUT2D eigenvalue weighted by Crippen LogP contribution is 2.19. The van der Waals surface area contributed by atoms with Crippen molar-refractivity contribution in [3.63, 3.8) is 0 Å². The Kier molecular flexibility index (Phi) is 2.46. The van der Waals surface area contributed by atoms with Crippen molar-refractivity contribution in [3.05, 3.63) is 0 Å². The minimum absolute atomic E-state index is 0.0349. The van der Waals surface area contributed by atoms with E-state index in [1.54, 1.807) is 0 Å². The Bertz CT molecular complexity index is 351. The lowest BCUT2D eigenvalue weighted by atomic mass is 10.2. The Hall–Kier alpha value is -0.140. The van der Waals surface area contributed by atoms with Crippen LogP contribution in [-0.2, 0) is 20.0 Å². The molecule has 0 bridgehead atoms. The van der Waals surface area contributed by atoms with Crippen molar-refractivity contribution in [2.75, 3.05) is 17.3 Å². The van der Waals surface area contributed by atoms with E-state index in [9.17, 15) is 16.8 Å². The SMILES string of the molecule is O=S(=O)(O)CC1CCS(=O)(=O)C1. The standard InChI is InChI=1S/C5H10O5S2/c6-11(7)2-1-5(3-11)4-12(8,9)10/h5H,1-4H2,(H,8,9,10). The van der Waals surface area contributed by atoms with E-state index in [-0.39, 0.29) is 11.5 Å². The summed E-state index contributed by atoms with van der Waals surface area (Å²) in [6, 6.07) is 0. The molecule has 0 aliphatic carbocycles. The molecule has 1 N–H and O–H groups in total. The third-order valence-corrected chi connectivity index (χ3v) is 4.50. The van der Waals surface area contributed by atoms with Gasteiger partial charge in [0.1, 0.15) is 0 Å². The summed E-state index contributed by atoms with van der Waals surface area (Å²) >= 11 is 0. The van der Waals surface area contributed by atoms with Gasteiger partial charge in [-0.15, -0.1) is 0 Å². The molecular weight excluding hydrogens is 204 g/mol. The van der Waals surface area contributed by atoms with Crippen molar-refractivity contribution in [1.82, 2.24) is 0 Å². The average molecular weight is 214 g/mol. The van der Waals surface area contributed by atoms with Gasteiger partial charge in [0.25, 0.3) is 10.1 Å². The number of sulfone groups is 1. The molecule has 5 nitrogen and oxygen atoms in total. The summed E-state index contributed by atoms with van der Waals surface area (Å²) in [6.45, 7) is 0. The Morgan fingerprint density at radius 1 is 1.42 bits per heavy atom. The zero-order valence-electron chi connectivity index (χ0n) is 6.30. The second-order valence-corrected chi connectivity index (χ2v) is 6.74. The lowest BCUT2D eigenvalue weighted by Gasteiger charge is -2.02. The van der Waals surface area contributed by atoms with E-state index in [2.05, 4.69) is 0 Å². The van der Waals surface area contributed by atoms with Gasteiger partial charge >= 0.3 is 0 Å². The minimum Gasteiger partial charge on any atom is -0.286 e. The minimum atomic E-state index is -4.02. The summed E-state index contributed by atoms with van der Waals surface area (Å²) < 4.78 is 50.8. The lowest BCUT2D eigenvalue weighted by Crippen LogP contribution is -2.16. The number of rotatable bonds is 2. The van der Waals surface area contributed by atoms with Crippen molar-refractivity contribution < 1.29 is 21.4 Å². The maximum Gasteiger partial charge on any atom is 0.265 e. The molecule has 0 amide bonds. The molecule has 0 radical (unpaired) electrons. The quantitative estimate of drug-likeness (QED) is 0.614. The predicted molar refractivity (Wildman–Crippen MR) is 43.2 cm³/mol. The second-order valence-electron chi connectivity index (χ2n) is 3.02. The zero-order valence-corrected chi connectivity index (χ0v) is 7.94. The molecule has 72 valence electrons. The average Bonchev–Trinajstić information content (AvgIpc) is 2.05. The van der Waals surface area contributed by atoms with E-state index >= 15 is 0 Å². The highest BCUT2D eigenvalue weighted by atomic mass is 32.2. The molecule has 0 aromatic heterocycles. The van der Waals surface area contributed by atoms with Crippen molar-refractivity contribution in [2.24, 2.45) is 5.92 Å². The molecule has 1 heterocycles. The van der Waals surface area contributed by atoms with Gasteiger partial charge in [0.2, 0.25) is 0 Å². The third kappa shape index (κ3) is 3.08. The van der Waals surface area contributed by atoms with Crippen molar-refractivity contribution in [2.45, 2.75) is 6.42 Å². The van der Waals surface area contributed by atoms with Crippen LogP contribution in [0.25, 0.3) is 0 Å². The first-order valence-electron chi connectivity index (χ1n) is 3.44. The van der Waals surface area contributed by atoms with Crippen LogP contribution in [0, 0.1) is 5.92 Å². The van der Waals surface area contributed by atoms with E-state index in [0.29, 0.717) is 6.42 Å². The molecule has 12 heavy (non-hydrogen) atoms. The number of hydrogen-bond acceptors (Lipinski definition) is 4. The van der Waals surface area contributed by atoms with E-state index < -0.39 is 31.6 Å². The third-order valence-electron chi connectivity index (χ3n) is 1.77. The predicted octanol–water partition coefficient (Wildman–Crippen LogP) is -0.691. The molecule has 1 fully saturated rings. The molecule has 0 aromatic carbocycles. The summed E-state index contributed by atoms with van der Waals surface area (Å²) in [4.78, 5) is 0. The topological polar surface area (TPSA) is 88.5 Å². The van der Waals surface area contributed by atoms with Gasteiger partial charge in [-0.3, -0.25) is 4.55 Å². The fourth-order valence-electron chi connectivity index (χ4n) is 1.30. The summed E-state index contributed by atoms with van der Waals surface area (Å²) in [7, 11) is -7.07. The van der Waals surface area contributed by atoms with Gasteiger partial charge in [-0.25, -0.2) is 8.42 Å². The number of hydrogen-bond donors (Lipinski definition) is 1. The van der Waals surface area contributed by atoms with Crippen LogP contribution in [0.15, 0.2) is 0 Å². The van der Waals surface area contributed by atoms with Gasteiger partial charge in [-0.2, -0.15) is 8.42 Å². The summed E-state index contributed by atoms with van der Waals surface area (Å²) in [5.74, 6) is -0.948. The Balaban J connectivity index is 2.61. The molecule has 1 saturated heterocycles. The first kappa shape index (κ1) is 9.94. The van der Waals surface area contributed by atoms with Gasteiger partial charge in [-0.05, 0) is 12.3 Å². The molecule has 7 heteroatoms. The van der Waals surface area contributed by atoms with Crippen LogP contribution in [0.4, 0.5) is 0 Å². The molecule has 0 spiro atoms. The zero-order chi connectivity index (χ0) is 9.41. The molecule has 0 aromatic rings. The monoisotopic (exact) mass is 214 g/mol. The highest BCUT2D eigenvalue weighted by Gasteiger charge is 2.30. The molecule has 1 aliphatic rings. The summed E-state index contributed by atoms with van der Waals surface area (Å²) in [5.41, 5.74) is 0. The van der Waals surface area contributed by atoms with Gasteiger partial charge in [0.05, 0.1) is 17.3 Å². The Morgan fingerprint density at radius 3 is 2.33 bits per heavy atom. The molecule has 1 unspecified atom stereocenters. The largest absolute Gasteiger partial charge is 0.286 e. The van der Waals surface area contributed by atoms with Gasteiger partial charge in [0.15, 0.2) is 9.84 Å². The molecule has 1 rings (SSSR count). The molecule has 0 saturated carbocycles. The van der Waals surface area contributed by atoms with Gasteiger partial charge in [0, 0.05) is 0 Å². The Labute approximate surface area is 71.4 Å². The van der Waals surface area contributed by atoms with Crippen molar-refractivity contribution in [1.29, 1.82) is 0 Å². The maximum atomic E-state index is 10.9.